The Morgan fingerprint density at radius 2 is 1.62 bits per heavy atom. The Labute approximate surface area is 155 Å². The summed E-state index contributed by atoms with van der Waals surface area (Å²) in [4.78, 5) is 8.84. The minimum absolute atomic E-state index is 0.629. The minimum Gasteiger partial charge on any atom is -0.231 e. The van der Waals surface area contributed by atoms with Gasteiger partial charge in [-0.2, -0.15) is 0 Å². The van der Waals surface area contributed by atoms with Crippen LogP contribution in [0.5, 0.6) is 0 Å². The molecule has 0 aliphatic carbocycles. The number of hydrogen-bond acceptors (Lipinski definition) is 3. The monoisotopic (exact) mass is 372 g/mol. The Kier molecular flexibility index (Phi) is 5.91. The van der Waals surface area contributed by atoms with Crippen LogP contribution in [0.25, 0.3) is 12.2 Å². The molecule has 0 saturated heterocycles. The van der Waals surface area contributed by atoms with Crippen LogP contribution in [-0.2, 0) is 5.75 Å². The summed E-state index contributed by atoms with van der Waals surface area (Å²) in [6.45, 7) is 0. The summed E-state index contributed by atoms with van der Waals surface area (Å²) in [5, 5.41) is 2.02. The Morgan fingerprint density at radius 1 is 0.875 bits per heavy atom. The molecule has 24 heavy (non-hydrogen) atoms. The van der Waals surface area contributed by atoms with Gasteiger partial charge in [0.05, 0.1) is 5.69 Å². The zero-order chi connectivity index (χ0) is 16.8. The van der Waals surface area contributed by atoms with Crippen molar-refractivity contribution in [1.29, 1.82) is 0 Å². The molecule has 2 nitrogen and oxygen atoms in total. The highest BCUT2D eigenvalue weighted by molar-refractivity contribution is 7.98. The van der Waals surface area contributed by atoms with E-state index in [1.54, 1.807) is 6.20 Å². The van der Waals surface area contributed by atoms with Crippen LogP contribution in [0.2, 0.25) is 10.0 Å². The second kappa shape index (κ2) is 8.34. The largest absolute Gasteiger partial charge is 0.231 e. The fourth-order valence-corrected chi connectivity index (χ4v) is 3.65. The van der Waals surface area contributed by atoms with Gasteiger partial charge in [-0.15, -0.1) is 0 Å². The van der Waals surface area contributed by atoms with Crippen molar-refractivity contribution < 1.29 is 0 Å². The molecule has 3 rings (SSSR count). The normalized spacial score (nSPS) is 11.1. The predicted molar refractivity (Wildman–Crippen MR) is 103 cm³/mol. The maximum Gasteiger partial charge on any atom is 0.188 e. The van der Waals surface area contributed by atoms with Crippen LogP contribution in [0.4, 0.5) is 0 Å². The van der Waals surface area contributed by atoms with Crippen molar-refractivity contribution in [2.45, 2.75) is 10.9 Å². The fraction of sp³-hybridized carbons (Fsp3) is 0.0526. The van der Waals surface area contributed by atoms with E-state index in [2.05, 4.69) is 9.97 Å². The van der Waals surface area contributed by atoms with Gasteiger partial charge >= 0.3 is 0 Å². The molecule has 2 aromatic carbocycles. The summed E-state index contributed by atoms with van der Waals surface area (Å²) < 4.78 is 0. The van der Waals surface area contributed by atoms with E-state index in [4.69, 9.17) is 23.2 Å². The lowest BCUT2D eigenvalue weighted by Gasteiger charge is -2.06. The molecule has 0 fully saturated rings. The number of halogens is 2. The zero-order valence-electron chi connectivity index (χ0n) is 12.7. The Hall–Kier alpha value is -1.81. The third-order valence-corrected chi connectivity index (χ3v) is 4.90. The lowest BCUT2D eigenvalue weighted by atomic mass is 10.2. The molecule has 1 heterocycles. The molecule has 0 aliphatic rings. The number of nitrogens with zero attached hydrogens (tertiary/aromatic N) is 2. The summed E-state index contributed by atoms with van der Waals surface area (Å²) in [5.74, 6) is 0.629. The second-order valence-electron chi connectivity index (χ2n) is 5.00. The molecule has 0 N–H and O–H groups in total. The van der Waals surface area contributed by atoms with Gasteiger partial charge in [0.2, 0.25) is 0 Å². The highest BCUT2D eigenvalue weighted by Crippen LogP contribution is 2.30. The van der Waals surface area contributed by atoms with Crippen molar-refractivity contribution in [1.82, 2.24) is 9.97 Å². The Bertz CT molecular complexity index is 831. The molecule has 0 radical (unpaired) electrons. The van der Waals surface area contributed by atoms with Crippen molar-refractivity contribution in [3.8, 4) is 0 Å². The second-order valence-corrected chi connectivity index (χ2v) is 6.75. The molecule has 0 aliphatic heterocycles. The van der Waals surface area contributed by atoms with Gasteiger partial charge < -0.3 is 0 Å². The summed E-state index contributed by atoms with van der Waals surface area (Å²) in [5.41, 5.74) is 2.90. The molecule has 0 bridgehead atoms. The molecule has 3 aromatic rings. The molecule has 0 unspecified atom stereocenters. The van der Waals surface area contributed by atoms with Crippen molar-refractivity contribution in [2.75, 3.05) is 0 Å². The number of benzene rings is 2. The molecule has 120 valence electrons. The lowest BCUT2D eigenvalue weighted by Crippen LogP contribution is -1.91. The molecule has 5 heteroatoms. The first kappa shape index (κ1) is 17.0. The van der Waals surface area contributed by atoms with Crippen molar-refractivity contribution in [3.63, 3.8) is 0 Å². The highest BCUT2D eigenvalue weighted by atomic mass is 35.5. The van der Waals surface area contributed by atoms with Crippen LogP contribution in [0, 0.1) is 0 Å². The highest BCUT2D eigenvalue weighted by Gasteiger charge is 2.07. The topological polar surface area (TPSA) is 25.8 Å². The molecule has 0 spiro atoms. The molecule has 0 amide bonds. The summed E-state index contributed by atoms with van der Waals surface area (Å²) in [6, 6.07) is 17.5. The van der Waals surface area contributed by atoms with Crippen LogP contribution >= 0.6 is 35.0 Å². The van der Waals surface area contributed by atoms with Gasteiger partial charge in [0.25, 0.3) is 0 Å². The molecule has 1 aromatic heterocycles. The van der Waals surface area contributed by atoms with E-state index in [9.17, 15) is 0 Å². The SMILES string of the molecule is Clc1cccc(Cl)c1CSc1nccc(/C=C/c2ccccc2)n1. The van der Waals surface area contributed by atoms with Crippen molar-refractivity contribution >= 4 is 47.1 Å². The predicted octanol–water partition coefficient (Wildman–Crippen LogP) is 6.25. The van der Waals surface area contributed by atoms with Gasteiger partial charge in [0, 0.05) is 22.0 Å². The Morgan fingerprint density at radius 3 is 2.38 bits per heavy atom. The summed E-state index contributed by atoms with van der Waals surface area (Å²) >= 11 is 13.9. The summed E-state index contributed by atoms with van der Waals surface area (Å²) in [6.07, 6.45) is 5.76. The van der Waals surface area contributed by atoms with Crippen LogP contribution in [0.15, 0.2) is 66.0 Å². The first-order chi connectivity index (χ1) is 11.7. The molecular formula is C19H14Cl2N2S. The van der Waals surface area contributed by atoms with E-state index in [1.165, 1.54) is 11.8 Å². The van der Waals surface area contributed by atoms with Crippen LogP contribution in [0.1, 0.15) is 16.8 Å². The Balaban J connectivity index is 1.70. The molecule has 0 atom stereocenters. The van der Waals surface area contributed by atoms with E-state index in [0.29, 0.717) is 21.0 Å². The number of thioether (sulfide) groups is 1. The van der Waals surface area contributed by atoms with E-state index in [0.717, 1.165) is 16.8 Å². The molecule has 0 saturated carbocycles. The third kappa shape index (κ3) is 4.60. The van der Waals surface area contributed by atoms with Crippen LogP contribution < -0.4 is 0 Å². The third-order valence-electron chi connectivity index (χ3n) is 3.31. The standard InChI is InChI=1S/C19H14Cl2N2S/c20-17-7-4-8-18(21)16(17)13-24-19-22-12-11-15(23-19)10-9-14-5-2-1-3-6-14/h1-12H,13H2/b10-9+. The van der Waals surface area contributed by atoms with E-state index < -0.39 is 0 Å². The minimum atomic E-state index is 0.629. The zero-order valence-corrected chi connectivity index (χ0v) is 15.0. The lowest BCUT2D eigenvalue weighted by molar-refractivity contribution is 0.957. The van der Waals surface area contributed by atoms with Crippen molar-refractivity contribution in [3.05, 3.63) is 87.7 Å². The van der Waals surface area contributed by atoms with E-state index in [1.807, 2.05) is 66.7 Å². The van der Waals surface area contributed by atoms with Gasteiger partial charge in [0.1, 0.15) is 0 Å². The van der Waals surface area contributed by atoms with Gasteiger partial charge in [-0.3, -0.25) is 0 Å². The maximum absolute atomic E-state index is 6.19. The van der Waals surface area contributed by atoms with Gasteiger partial charge in [-0.05, 0) is 35.4 Å². The first-order valence-electron chi connectivity index (χ1n) is 7.34. The van der Waals surface area contributed by atoms with E-state index in [-0.39, 0.29) is 0 Å². The number of rotatable bonds is 5. The quantitative estimate of drug-likeness (QED) is 0.391. The maximum atomic E-state index is 6.19. The summed E-state index contributed by atoms with van der Waals surface area (Å²) in [7, 11) is 0. The van der Waals surface area contributed by atoms with Crippen LogP contribution in [0.3, 0.4) is 0 Å². The number of hydrogen-bond donors (Lipinski definition) is 0. The number of aromatic nitrogens is 2. The van der Waals surface area contributed by atoms with Crippen LogP contribution in [-0.4, -0.2) is 9.97 Å². The smallest absolute Gasteiger partial charge is 0.188 e. The first-order valence-corrected chi connectivity index (χ1v) is 9.08. The van der Waals surface area contributed by atoms with E-state index >= 15 is 0 Å². The van der Waals surface area contributed by atoms with Gasteiger partial charge in [-0.25, -0.2) is 9.97 Å². The van der Waals surface area contributed by atoms with Gasteiger partial charge in [-0.1, -0.05) is 77.4 Å². The average Bonchev–Trinajstić information content (AvgIpc) is 2.61. The fourth-order valence-electron chi connectivity index (χ4n) is 2.07. The molecular weight excluding hydrogens is 359 g/mol. The van der Waals surface area contributed by atoms with Crippen molar-refractivity contribution in [2.24, 2.45) is 0 Å². The van der Waals surface area contributed by atoms with Gasteiger partial charge in [0.15, 0.2) is 5.16 Å². The average molecular weight is 373 g/mol.